The second-order valence-corrected chi connectivity index (χ2v) is 8.29. The van der Waals surface area contributed by atoms with E-state index < -0.39 is 14.9 Å². The normalized spacial score (nSPS) is 15.5. The van der Waals surface area contributed by atoms with Crippen LogP contribution < -0.4 is 4.90 Å². The summed E-state index contributed by atoms with van der Waals surface area (Å²) in [5.41, 5.74) is 0.926. The highest BCUT2D eigenvalue weighted by Crippen LogP contribution is 2.31. The second kappa shape index (κ2) is 7.45. The van der Waals surface area contributed by atoms with Gasteiger partial charge in [-0.05, 0) is 12.1 Å². The first-order valence-electron chi connectivity index (χ1n) is 8.35. The highest BCUT2D eigenvalue weighted by atomic mass is 32.2. The molecule has 2 aromatic rings. The van der Waals surface area contributed by atoms with Crippen LogP contribution in [-0.4, -0.2) is 55.9 Å². The lowest BCUT2D eigenvalue weighted by Gasteiger charge is -2.34. The number of carbonyl (C=O) groups excluding carboxylic acids is 1. The number of nitro groups is 1. The molecule has 0 saturated carbocycles. The van der Waals surface area contributed by atoms with E-state index in [1.807, 2.05) is 0 Å². The van der Waals surface area contributed by atoms with Crippen molar-refractivity contribution in [3.05, 3.63) is 69.8 Å². The van der Waals surface area contributed by atoms with Crippen LogP contribution in [0.15, 0.2) is 48.5 Å². The molecule has 2 aromatic carbocycles. The van der Waals surface area contributed by atoms with E-state index in [2.05, 4.69) is 0 Å². The summed E-state index contributed by atoms with van der Waals surface area (Å²) in [6.07, 6.45) is 1.15. The number of rotatable bonds is 5. The van der Waals surface area contributed by atoms with Crippen molar-refractivity contribution in [1.82, 2.24) is 4.31 Å². The maximum absolute atomic E-state index is 12.6. The zero-order chi connectivity index (χ0) is 19.6. The van der Waals surface area contributed by atoms with E-state index in [1.165, 1.54) is 10.4 Å². The highest BCUT2D eigenvalue weighted by molar-refractivity contribution is 7.88. The van der Waals surface area contributed by atoms with Crippen molar-refractivity contribution in [1.29, 1.82) is 0 Å². The second-order valence-electron chi connectivity index (χ2n) is 6.30. The quantitative estimate of drug-likeness (QED) is 0.440. The Hall–Kier alpha value is -2.78. The van der Waals surface area contributed by atoms with Crippen LogP contribution in [-0.2, 0) is 10.0 Å². The van der Waals surface area contributed by atoms with Gasteiger partial charge >= 0.3 is 0 Å². The van der Waals surface area contributed by atoms with Crippen molar-refractivity contribution in [3.63, 3.8) is 0 Å². The van der Waals surface area contributed by atoms with Crippen LogP contribution in [0.1, 0.15) is 15.9 Å². The summed E-state index contributed by atoms with van der Waals surface area (Å²) in [6, 6.07) is 13.0. The molecule has 0 spiro atoms. The van der Waals surface area contributed by atoms with Crippen LogP contribution in [0.5, 0.6) is 0 Å². The smallest absolute Gasteiger partial charge is 0.293 e. The highest BCUT2D eigenvalue weighted by Gasteiger charge is 2.28. The van der Waals surface area contributed by atoms with Crippen LogP contribution >= 0.6 is 0 Å². The molecule has 142 valence electrons. The Labute approximate surface area is 157 Å². The SMILES string of the molecule is CS(=O)(=O)N1CCN(c2ccc(C(=O)c3ccccc3)cc2[N+](=O)[O-])CC1. The third kappa shape index (κ3) is 4.15. The summed E-state index contributed by atoms with van der Waals surface area (Å²) >= 11 is 0. The number of carbonyl (C=O) groups is 1. The van der Waals surface area contributed by atoms with Gasteiger partial charge in [-0.25, -0.2) is 8.42 Å². The average Bonchev–Trinajstić information content (AvgIpc) is 2.67. The summed E-state index contributed by atoms with van der Waals surface area (Å²) in [5, 5.41) is 11.6. The fourth-order valence-corrected chi connectivity index (χ4v) is 3.92. The van der Waals surface area contributed by atoms with Gasteiger partial charge in [0, 0.05) is 43.4 Å². The Morgan fingerprint density at radius 1 is 1.00 bits per heavy atom. The lowest BCUT2D eigenvalue weighted by molar-refractivity contribution is -0.384. The summed E-state index contributed by atoms with van der Waals surface area (Å²) in [4.78, 5) is 25.4. The minimum atomic E-state index is -3.28. The van der Waals surface area contributed by atoms with Crippen molar-refractivity contribution in [3.8, 4) is 0 Å². The average molecular weight is 389 g/mol. The Bertz CT molecular complexity index is 968. The Morgan fingerprint density at radius 2 is 1.63 bits per heavy atom. The Morgan fingerprint density at radius 3 is 2.19 bits per heavy atom. The van der Waals surface area contributed by atoms with Gasteiger partial charge < -0.3 is 4.90 Å². The monoisotopic (exact) mass is 389 g/mol. The minimum Gasteiger partial charge on any atom is -0.363 e. The largest absolute Gasteiger partial charge is 0.363 e. The van der Waals surface area contributed by atoms with Crippen LogP contribution in [0.4, 0.5) is 11.4 Å². The predicted molar refractivity (Wildman–Crippen MR) is 102 cm³/mol. The molecular formula is C18H19N3O5S. The molecule has 9 heteroatoms. The number of piperazine rings is 1. The summed E-state index contributed by atoms with van der Waals surface area (Å²) in [6.45, 7) is 1.22. The van der Waals surface area contributed by atoms with Gasteiger partial charge in [0.05, 0.1) is 11.2 Å². The molecule has 1 aliphatic heterocycles. The van der Waals surface area contributed by atoms with Gasteiger partial charge in [-0.3, -0.25) is 14.9 Å². The number of hydrogen-bond donors (Lipinski definition) is 0. The molecule has 8 nitrogen and oxygen atoms in total. The molecule has 0 unspecified atom stereocenters. The predicted octanol–water partition coefficient (Wildman–Crippen LogP) is 1.91. The van der Waals surface area contributed by atoms with E-state index in [0.717, 1.165) is 6.26 Å². The number of anilines is 1. The van der Waals surface area contributed by atoms with Crippen molar-refractivity contribution >= 4 is 27.2 Å². The number of sulfonamides is 1. The third-order valence-electron chi connectivity index (χ3n) is 4.52. The number of nitro benzene ring substituents is 1. The molecule has 0 radical (unpaired) electrons. The molecule has 0 bridgehead atoms. The molecule has 0 aromatic heterocycles. The van der Waals surface area contributed by atoms with Crippen molar-refractivity contribution in [2.45, 2.75) is 0 Å². The van der Waals surface area contributed by atoms with E-state index in [4.69, 9.17) is 0 Å². The zero-order valence-electron chi connectivity index (χ0n) is 14.7. The van der Waals surface area contributed by atoms with E-state index in [-0.39, 0.29) is 30.1 Å². The maximum Gasteiger partial charge on any atom is 0.293 e. The van der Waals surface area contributed by atoms with Gasteiger partial charge in [0.15, 0.2) is 5.78 Å². The van der Waals surface area contributed by atoms with Crippen LogP contribution in [0.3, 0.4) is 0 Å². The molecule has 0 atom stereocenters. The lowest BCUT2D eigenvalue weighted by Crippen LogP contribution is -2.48. The number of ketones is 1. The van der Waals surface area contributed by atoms with Gasteiger partial charge in [-0.2, -0.15) is 4.31 Å². The Kier molecular flexibility index (Phi) is 5.24. The molecule has 0 N–H and O–H groups in total. The van der Waals surface area contributed by atoms with Gasteiger partial charge in [0.25, 0.3) is 5.69 Å². The van der Waals surface area contributed by atoms with Gasteiger partial charge in [-0.15, -0.1) is 0 Å². The molecule has 1 heterocycles. The van der Waals surface area contributed by atoms with Crippen molar-refractivity contribution in [2.75, 3.05) is 37.3 Å². The maximum atomic E-state index is 12.6. The molecule has 3 rings (SSSR count). The van der Waals surface area contributed by atoms with Crippen molar-refractivity contribution < 1.29 is 18.1 Å². The van der Waals surface area contributed by atoms with Crippen LogP contribution in [0, 0.1) is 10.1 Å². The summed E-state index contributed by atoms with van der Waals surface area (Å²) < 4.78 is 24.6. The molecule has 0 aliphatic carbocycles. The van der Waals surface area contributed by atoms with E-state index in [1.54, 1.807) is 47.4 Å². The molecule has 27 heavy (non-hydrogen) atoms. The first-order valence-corrected chi connectivity index (χ1v) is 10.2. The fraction of sp³-hybridized carbons (Fsp3) is 0.278. The van der Waals surface area contributed by atoms with E-state index in [0.29, 0.717) is 24.3 Å². The van der Waals surface area contributed by atoms with E-state index in [9.17, 15) is 23.3 Å². The third-order valence-corrected chi connectivity index (χ3v) is 5.82. The molecule has 1 fully saturated rings. The Balaban J connectivity index is 1.87. The zero-order valence-corrected chi connectivity index (χ0v) is 15.6. The fourth-order valence-electron chi connectivity index (χ4n) is 3.10. The standard InChI is InChI=1S/C18H19N3O5S/c1-27(25,26)20-11-9-19(10-12-20)16-8-7-15(13-17(16)21(23)24)18(22)14-5-3-2-4-6-14/h2-8,13H,9-12H2,1H3. The minimum absolute atomic E-state index is 0.162. The summed E-state index contributed by atoms with van der Waals surface area (Å²) in [5.74, 6) is -0.285. The van der Waals surface area contributed by atoms with E-state index >= 15 is 0 Å². The molecule has 1 saturated heterocycles. The van der Waals surface area contributed by atoms with Crippen molar-refractivity contribution in [2.24, 2.45) is 0 Å². The number of benzene rings is 2. The molecule has 0 amide bonds. The van der Waals surface area contributed by atoms with Crippen LogP contribution in [0.2, 0.25) is 0 Å². The lowest BCUT2D eigenvalue weighted by atomic mass is 10.0. The topological polar surface area (TPSA) is 101 Å². The number of nitrogens with zero attached hydrogens (tertiary/aromatic N) is 3. The number of hydrogen-bond acceptors (Lipinski definition) is 6. The van der Waals surface area contributed by atoms with Crippen LogP contribution in [0.25, 0.3) is 0 Å². The van der Waals surface area contributed by atoms with Gasteiger partial charge in [-0.1, -0.05) is 30.3 Å². The van der Waals surface area contributed by atoms with Gasteiger partial charge in [0.2, 0.25) is 10.0 Å². The summed E-state index contributed by atoms with van der Waals surface area (Å²) in [7, 11) is -3.28. The molecule has 1 aliphatic rings. The first kappa shape index (κ1) is 19.0. The van der Waals surface area contributed by atoms with Gasteiger partial charge in [0.1, 0.15) is 5.69 Å². The first-order chi connectivity index (χ1) is 12.8. The molecular weight excluding hydrogens is 370 g/mol.